The number of amides is 1. The lowest BCUT2D eigenvalue weighted by Crippen LogP contribution is -2.46. The molecule has 0 aromatic carbocycles. The number of thiocarbonyl (C=S) groups is 1. The maximum atomic E-state index is 11.7. The Morgan fingerprint density at radius 3 is 2.72 bits per heavy atom. The van der Waals surface area contributed by atoms with Crippen LogP contribution >= 0.6 is 12.2 Å². The summed E-state index contributed by atoms with van der Waals surface area (Å²) in [6.45, 7) is 7.89. The van der Waals surface area contributed by atoms with Crippen LogP contribution in [0.25, 0.3) is 0 Å². The molecule has 1 saturated heterocycles. The maximum absolute atomic E-state index is 11.7. The number of carbonyl (C=O) groups excluding carboxylic acids is 1. The Morgan fingerprint density at radius 1 is 1.61 bits per heavy atom. The normalized spacial score (nSPS) is 20.9. The van der Waals surface area contributed by atoms with Crippen molar-refractivity contribution in [3.63, 3.8) is 0 Å². The van der Waals surface area contributed by atoms with Gasteiger partial charge in [-0.1, -0.05) is 13.3 Å². The van der Waals surface area contributed by atoms with Crippen molar-refractivity contribution in [1.29, 1.82) is 0 Å². The Labute approximate surface area is 113 Å². The molecule has 0 bridgehead atoms. The molecular formula is C12H21NO4S. The molecule has 1 fully saturated rings. The summed E-state index contributed by atoms with van der Waals surface area (Å²) in [5, 5.41) is 2.96. The lowest BCUT2D eigenvalue weighted by Gasteiger charge is -2.25. The first-order chi connectivity index (χ1) is 8.31. The second kappa shape index (κ2) is 6.22. The van der Waals surface area contributed by atoms with Gasteiger partial charge >= 0.3 is 11.3 Å². The fourth-order valence-electron chi connectivity index (χ4n) is 1.66. The van der Waals surface area contributed by atoms with Gasteiger partial charge in [-0.15, -0.1) is 0 Å². The summed E-state index contributed by atoms with van der Waals surface area (Å²) >= 11 is 4.81. The van der Waals surface area contributed by atoms with Gasteiger partial charge in [-0.05, 0) is 27.2 Å². The molecule has 0 saturated carbocycles. The molecule has 1 aliphatic rings. The SMILES string of the molecule is CCC[C@@H](NC(=O)OC(C)(C)C)[C@@H]1COC(=S)O1. The van der Waals surface area contributed by atoms with E-state index in [-0.39, 0.29) is 17.4 Å². The molecule has 0 unspecified atom stereocenters. The van der Waals surface area contributed by atoms with Crippen molar-refractivity contribution in [3.05, 3.63) is 0 Å². The van der Waals surface area contributed by atoms with Crippen molar-refractivity contribution in [1.82, 2.24) is 5.32 Å². The number of hydrogen-bond acceptors (Lipinski definition) is 5. The first-order valence-electron chi connectivity index (χ1n) is 6.14. The minimum absolute atomic E-state index is 0.145. The monoisotopic (exact) mass is 275 g/mol. The van der Waals surface area contributed by atoms with Crippen LogP contribution in [0.3, 0.4) is 0 Å². The minimum atomic E-state index is -0.511. The summed E-state index contributed by atoms with van der Waals surface area (Å²) in [4.78, 5) is 11.7. The second-order valence-electron chi connectivity index (χ2n) is 5.26. The van der Waals surface area contributed by atoms with E-state index in [1.54, 1.807) is 0 Å². The third-order valence-corrected chi connectivity index (χ3v) is 2.58. The number of alkyl carbamates (subject to hydrolysis) is 1. The molecule has 0 aliphatic carbocycles. The van der Waals surface area contributed by atoms with Crippen LogP contribution in [0.4, 0.5) is 4.79 Å². The van der Waals surface area contributed by atoms with Crippen molar-refractivity contribution in [2.75, 3.05) is 6.61 Å². The molecule has 18 heavy (non-hydrogen) atoms. The van der Waals surface area contributed by atoms with E-state index in [0.29, 0.717) is 6.61 Å². The molecule has 0 spiro atoms. The zero-order chi connectivity index (χ0) is 13.8. The van der Waals surface area contributed by atoms with E-state index >= 15 is 0 Å². The highest BCUT2D eigenvalue weighted by Gasteiger charge is 2.32. The van der Waals surface area contributed by atoms with Gasteiger partial charge < -0.3 is 19.5 Å². The molecule has 2 atom stereocenters. The second-order valence-corrected chi connectivity index (χ2v) is 5.59. The number of rotatable bonds is 4. The highest BCUT2D eigenvalue weighted by atomic mass is 32.1. The van der Waals surface area contributed by atoms with Crippen LogP contribution in [0.2, 0.25) is 0 Å². The average molecular weight is 275 g/mol. The average Bonchev–Trinajstić information content (AvgIpc) is 2.61. The molecule has 6 heteroatoms. The summed E-state index contributed by atoms with van der Waals surface area (Å²) in [6.07, 6.45) is 1.04. The van der Waals surface area contributed by atoms with E-state index in [1.165, 1.54) is 0 Å². The van der Waals surface area contributed by atoms with Gasteiger partial charge in [0.1, 0.15) is 12.2 Å². The predicted octanol–water partition coefficient (Wildman–Crippen LogP) is 2.38. The molecule has 1 amide bonds. The molecule has 0 aromatic rings. The van der Waals surface area contributed by atoms with Gasteiger partial charge in [0.25, 0.3) is 0 Å². The summed E-state index contributed by atoms with van der Waals surface area (Å²) in [7, 11) is 0. The van der Waals surface area contributed by atoms with Crippen LogP contribution in [-0.4, -0.2) is 35.7 Å². The van der Waals surface area contributed by atoms with Gasteiger partial charge in [0.15, 0.2) is 6.10 Å². The van der Waals surface area contributed by atoms with Gasteiger partial charge in [0, 0.05) is 12.2 Å². The van der Waals surface area contributed by atoms with Gasteiger partial charge in [-0.25, -0.2) is 4.79 Å². The summed E-state index contributed by atoms with van der Waals surface area (Å²) in [6, 6.07) is -0.148. The van der Waals surface area contributed by atoms with E-state index in [2.05, 4.69) is 5.32 Å². The number of nitrogens with one attached hydrogen (secondary N) is 1. The summed E-state index contributed by atoms with van der Waals surface area (Å²) in [5.41, 5.74) is -0.511. The number of hydrogen-bond donors (Lipinski definition) is 1. The first kappa shape index (κ1) is 15.0. The van der Waals surface area contributed by atoms with Gasteiger partial charge in [-0.3, -0.25) is 0 Å². The van der Waals surface area contributed by atoms with Crippen LogP contribution in [-0.2, 0) is 14.2 Å². The van der Waals surface area contributed by atoms with E-state index in [4.69, 9.17) is 26.4 Å². The lowest BCUT2D eigenvalue weighted by molar-refractivity contribution is 0.0448. The summed E-state index contributed by atoms with van der Waals surface area (Å²) < 4.78 is 15.7. The first-order valence-corrected chi connectivity index (χ1v) is 6.55. The topological polar surface area (TPSA) is 56.8 Å². The maximum Gasteiger partial charge on any atom is 0.408 e. The molecule has 0 radical (unpaired) electrons. The van der Waals surface area contributed by atoms with Crippen LogP contribution in [0.5, 0.6) is 0 Å². The Bertz CT molecular complexity index is 314. The summed E-state index contributed by atoms with van der Waals surface area (Å²) in [5.74, 6) is 0. The Kier molecular flexibility index (Phi) is 5.19. The number of ether oxygens (including phenoxy) is 3. The van der Waals surface area contributed by atoms with Crippen molar-refractivity contribution >= 4 is 23.5 Å². The minimum Gasteiger partial charge on any atom is -0.453 e. The Hall–Kier alpha value is -1.04. The fraction of sp³-hybridized carbons (Fsp3) is 0.833. The van der Waals surface area contributed by atoms with E-state index in [9.17, 15) is 4.79 Å². The highest BCUT2D eigenvalue weighted by Crippen LogP contribution is 2.15. The number of carbonyl (C=O) groups is 1. The van der Waals surface area contributed by atoms with Crippen LogP contribution in [0, 0.1) is 0 Å². The molecule has 104 valence electrons. The fourth-order valence-corrected chi connectivity index (χ4v) is 1.85. The standard InChI is InChI=1S/C12H21NO4S/c1-5-6-8(9-7-15-11(18)16-9)13-10(14)17-12(2,3)4/h8-9H,5-7H2,1-4H3,(H,13,14)/t8-,9+/m1/s1. The van der Waals surface area contributed by atoms with Crippen LogP contribution in [0.15, 0.2) is 0 Å². The van der Waals surface area contributed by atoms with Crippen LogP contribution in [0.1, 0.15) is 40.5 Å². The highest BCUT2D eigenvalue weighted by molar-refractivity contribution is 7.79. The molecule has 0 aromatic heterocycles. The zero-order valence-corrected chi connectivity index (χ0v) is 12.1. The zero-order valence-electron chi connectivity index (χ0n) is 11.3. The molecule has 1 aliphatic heterocycles. The Balaban J connectivity index is 2.52. The smallest absolute Gasteiger partial charge is 0.408 e. The molecule has 1 rings (SSSR count). The predicted molar refractivity (Wildman–Crippen MR) is 71.5 cm³/mol. The lowest BCUT2D eigenvalue weighted by atomic mass is 10.1. The van der Waals surface area contributed by atoms with E-state index in [1.807, 2.05) is 27.7 Å². The van der Waals surface area contributed by atoms with Gasteiger partial charge in [0.2, 0.25) is 0 Å². The molecule has 5 nitrogen and oxygen atoms in total. The van der Waals surface area contributed by atoms with Crippen molar-refractivity contribution in [2.45, 2.75) is 58.3 Å². The third kappa shape index (κ3) is 5.08. The Morgan fingerprint density at radius 2 is 2.28 bits per heavy atom. The molecule has 1 heterocycles. The molecular weight excluding hydrogens is 254 g/mol. The van der Waals surface area contributed by atoms with Crippen molar-refractivity contribution in [3.8, 4) is 0 Å². The van der Waals surface area contributed by atoms with Crippen molar-refractivity contribution in [2.24, 2.45) is 0 Å². The molecule has 1 N–H and O–H groups in total. The largest absolute Gasteiger partial charge is 0.453 e. The van der Waals surface area contributed by atoms with Crippen LogP contribution < -0.4 is 5.32 Å². The van der Waals surface area contributed by atoms with Gasteiger partial charge in [-0.2, -0.15) is 0 Å². The van der Waals surface area contributed by atoms with E-state index in [0.717, 1.165) is 12.8 Å². The van der Waals surface area contributed by atoms with Crippen molar-refractivity contribution < 1.29 is 19.0 Å². The quantitative estimate of drug-likeness (QED) is 0.798. The van der Waals surface area contributed by atoms with Gasteiger partial charge in [0.05, 0.1) is 6.04 Å². The van der Waals surface area contributed by atoms with E-state index < -0.39 is 11.7 Å². The third-order valence-electron chi connectivity index (χ3n) is 2.36.